The Bertz CT molecular complexity index is 609. The Morgan fingerprint density at radius 2 is 1.23 bits per heavy atom. The third-order valence-corrected chi connectivity index (χ3v) is 4.92. The molecule has 0 aromatic heterocycles. The SMILES string of the molecule is CC1(C)C(C(=O)OCc2c(F)c(F)c(F)c(F)c2F)C1(C)C. The van der Waals surface area contributed by atoms with Crippen LogP contribution in [0.4, 0.5) is 22.0 Å². The number of halogens is 5. The number of ether oxygens (including phenoxy) is 1. The first-order valence-electron chi connectivity index (χ1n) is 6.61. The molecule has 0 heterocycles. The summed E-state index contributed by atoms with van der Waals surface area (Å²) >= 11 is 0. The lowest BCUT2D eigenvalue weighted by Gasteiger charge is -2.10. The number of hydrogen-bond donors (Lipinski definition) is 0. The molecule has 22 heavy (non-hydrogen) atoms. The van der Waals surface area contributed by atoms with Crippen LogP contribution >= 0.6 is 0 Å². The third-order valence-electron chi connectivity index (χ3n) is 4.92. The molecule has 122 valence electrons. The summed E-state index contributed by atoms with van der Waals surface area (Å²) in [6.45, 7) is 6.32. The average molecular weight is 322 g/mol. The van der Waals surface area contributed by atoms with E-state index in [1.807, 2.05) is 27.7 Å². The zero-order valence-electron chi connectivity index (χ0n) is 12.5. The molecule has 1 aromatic carbocycles. The van der Waals surface area contributed by atoms with Crippen molar-refractivity contribution in [3.05, 3.63) is 34.6 Å². The van der Waals surface area contributed by atoms with Crippen LogP contribution in [0.2, 0.25) is 0 Å². The lowest BCUT2D eigenvalue weighted by Crippen LogP contribution is -2.15. The molecule has 1 saturated carbocycles. The van der Waals surface area contributed by atoms with Gasteiger partial charge in [0.25, 0.3) is 0 Å². The Kier molecular flexibility index (Phi) is 3.74. The van der Waals surface area contributed by atoms with Crippen LogP contribution in [0.15, 0.2) is 0 Å². The second kappa shape index (κ2) is 4.93. The minimum Gasteiger partial charge on any atom is -0.460 e. The van der Waals surface area contributed by atoms with E-state index in [1.165, 1.54) is 0 Å². The van der Waals surface area contributed by atoms with E-state index in [4.69, 9.17) is 4.74 Å². The summed E-state index contributed by atoms with van der Waals surface area (Å²) in [5.74, 6) is -11.6. The Balaban J connectivity index is 2.19. The van der Waals surface area contributed by atoms with Crippen LogP contribution in [0.25, 0.3) is 0 Å². The highest BCUT2D eigenvalue weighted by molar-refractivity contribution is 5.78. The summed E-state index contributed by atoms with van der Waals surface area (Å²) < 4.78 is 70.7. The standard InChI is InChI=1S/C15H15F5O2/c1-14(2)12(15(14,3)4)13(21)22-5-6-7(16)9(18)11(20)10(19)8(6)17/h12H,5H2,1-4H3. The molecule has 2 rings (SSSR count). The van der Waals surface area contributed by atoms with E-state index in [1.54, 1.807) is 0 Å². The first kappa shape index (κ1) is 16.7. The molecule has 0 radical (unpaired) electrons. The van der Waals surface area contributed by atoms with Crippen molar-refractivity contribution in [2.75, 3.05) is 0 Å². The van der Waals surface area contributed by atoms with Crippen molar-refractivity contribution in [2.24, 2.45) is 16.7 Å². The molecule has 0 unspecified atom stereocenters. The normalized spacial score (nSPS) is 19.1. The highest BCUT2D eigenvalue weighted by Gasteiger charge is 2.69. The maximum atomic E-state index is 13.5. The largest absolute Gasteiger partial charge is 0.460 e. The van der Waals surface area contributed by atoms with Gasteiger partial charge in [0, 0.05) is 0 Å². The van der Waals surface area contributed by atoms with Gasteiger partial charge in [-0.05, 0) is 10.8 Å². The Hall–Kier alpha value is -1.66. The molecule has 1 fully saturated rings. The van der Waals surface area contributed by atoms with Gasteiger partial charge in [-0.1, -0.05) is 27.7 Å². The fourth-order valence-corrected chi connectivity index (χ4v) is 2.79. The van der Waals surface area contributed by atoms with Gasteiger partial charge in [-0.2, -0.15) is 0 Å². The lowest BCUT2D eigenvalue weighted by atomic mass is 10.0. The van der Waals surface area contributed by atoms with Gasteiger partial charge in [-0.25, -0.2) is 22.0 Å². The third kappa shape index (κ3) is 2.18. The molecule has 0 spiro atoms. The van der Waals surface area contributed by atoms with Crippen molar-refractivity contribution in [3.8, 4) is 0 Å². The summed E-state index contributed by atoms with van der Waals surface area (Å²) in [7, 11) is 0. The molecule has 0 aliphatic heterocycles. The smallest absolute Gasteiger partial charge is 0.310 e. The van der Waals surface area contributed by atoms with Crippen LogP contribution in [0.3, 0.4) is 0 Å². The van der Waals surface area contributed by atoms with Crippen LogP contribution < -0.4 is 0 Å². The first-order chi connectivity index (χ1) is 9.94. The molecule has 1 aliphatic carbocycles. The second-order valence-corrected chi connectivity index (χ2v) is 6.53. The zero-order chi connectivity index (χ0) is 17.0. The van der Waals surface area contributed by atoms with Gasteiger partial charge in [-0.15, -0.1) is 0 Å². The highest BCUT2D eigenvalue weighted by atomic mass is 19.2. The van der Waals surface area contributed by atoms with Crippen molar-refractivity contribution in [3.63, 3.8) is 0 Å². The minimum atomic E-state index is -2.24. The molecule has 1 aromatic rings. The summed E-state index contributed by atoms with van der Waals surface area (Å²) in [5.41, 5.74) is -1.87. The molecule has 0 bridgehead atoms. The molecular weight excluding hydrogens is 307 g/mol. The molecule has 0 saturated heterocycles. The van der Waals surface area contributed by atoms with Crippen molar-refractivity contribution in [1.29, 1.82) is 0 Å². The molecular formula is C15H15F5O2. The lowest BCUT2D eigenvalue weighted by molar-refractivity contribution is -0.148. The van der Waals surface area contributed by atoms with Crippen molar-refractivity contribution in [2.45, 2.75) is 34.3 Å². The predicted octanol–water partition coefficient (Wildman–Crippen LogP) is 4.11. The van der Waals surface area contributed by atoms with Gasteiger partial charge < -0.3 is 4.74 Å². The number of hydrogen-bond acceptors (Lipinski definition) is 2. The van der Waals surface area contributed by atoms with E-state index >= 15 is 0 Å². The summed E-state index contributed by atoms with van der Waals surface area (Å²) in [5, 5.41) is 0. The fourth-order valence-electron chi connectivity index (χ4n) is 2.79. The quantitative estimate of drug-likeness (QED) is 0.362. The first-order valence-corrected chi connectivity index (χ1v) is 6.61. The number of carbonyl (C=O) groups is 1. The van der Waals surface area contributed by atoms with Gasteiger partial charge in [0.2, 0.25) is 5.82 Å². The van der Waals surface area contributed by atoms with Gasteiger partial charge in [-0.3, -0.25) is 4.79 Å². The van der Waals surface area contributed by atoms with E-state index in [-0.39, 0.29) is 10.8 Å². The van der Waals surface area contributed by atoms with Gasteiger partial charge in [0.15, 0.2) is 23.3 Å². The van der Waals surface area contributed by atoms with Gasteiger partial charge in [0.1, 0.15) is 6.61 Å². The Morgan fingerprint density at radius 1 is 0.864 bits per heavy atom. The van der Waals surface area contributed by atoms with E-state index < -0.39 is 53.1 Å². The van der Waals surface area contributed by atoms with Crippen molar-refractivity contribution >= 4 is 5.97 Å². The topological polar surface area (TPSA) is 26.3 Å². The Morgan fingerprint density at radius 3 is 1.59 bits per heavy atom. The van der Waals surface area contributed by atoms with Crippen LogP contribution in [0, 0.1) is 45.8 Å². The van der Waals surface area contributed by atoms with Crippen LogP contribution in [-0.4, -0.2) is 5.97 Å². The molecule has 1 aliphatic rings. The molecule has 0 atom stereocenters. The second-order valence-electron chi connectivity index (χ2n) is 6.53. The monoisotopic (exact) mass is 322 g/mol. The van der Waals surface area contributed by atoms with E-state index in [2.05, 4.69) is 0 Å². The number of carbonyl (C=O) groups excluding carboxylic acids is 1. The van der Waals surface area contributed by atoms with E-state index in [0.29, 0.717) is 0 Å². The predicted molar refractivity (Wildman–Crippen MR) is 67.1 cm³/mol. The minimum absolute atomic E-state index is 0.361. The van der Waals surface area contributed by atoms with E-state index in [9.17, 15) is 26.7 Å². The maximum absolute atomic E-state index is 13.5. The maximum Gasteiger partial charge on any atom is 0.310 e. The molecule has 0 N–H and O–H groups in total. The van der Waals surface area contributed by atoms with Crippen LogP contribution in [0.5, 0.6) is 0 Å². The van der Waals surface area contributed by atoms with Gasteiger partial charge >= 0.3 is 5.97 Å². The van der Waals surface area contributed by atoms with Crippen LogP contribution in [0.1, 0.15) is 33.3 Å². The summed E-state index contributed by atoms with van der Waals surface area (Å²) in [4.78, 5) is 11.9. The molecule has 2 nitrogen and oxygen atoms in total. The average Bonchev–Trinajstić information content (AvgIpc) is 2.84. The number of rotatable bonds is 3. The van der Waals surface area contributed by atoms with Crippen molar-refractivity contribution in [1.82, 2.24) is 0 Å². The van der Waals surface area contributed by atoms with E-state index in [0.717, 1.165) is 0 Å². The number of esters is 1. The molecule has 7 heteroatoms. The van der Waals surface area contributed by atoms with Gasteiger partial charge in [0.05, 0.1) is 11.5 Å². The zero-order valence-corrected chi connectivity index (χ0v) is 12.5. The summed E-state index contributed by atoms with van der Waals surface area (Å²) in [6, 6.07) is 0. The Labute approximate surface area is 124 Å². The van der Waals surface area contributed by atoms with Crippen molar-refractivity contribution < 1.29 is 31.5 Å². The van der Waals surface area contributed by atoms with Crippen LogP contribution in [-0.2, 0) is 16.1 Å². The molecule has 0 amide bonds. The highest BCUT2D eigenvalue weighted by Crippen LogP contribution is 2.68. The number of benzene rings is 1. The summed E-state index contributed by atoms with van der Waals surface area (Å²) in [6.07, 6.45) is 0. The fraction of sp³-hybridized carbons (Fsp3) is 0.533.